The number of anilines is 1. The maximum atomic E-state index is 11.9. The Morgan fingerprint density at radius 1 is 1.19 bits per heavy atom. The molecule has 21 heavy (non-hydrogen) atoms. The first-order chi connectivity index (χ1) is 10.2. The van der Waals surface area contributed by atoms with E-state index in [9.17, 15) is 4.79 Å². The van der Waals surface area contributed by atoms with Crippen LogP contribution in [0.25, 0.3) is 0 Å². The first kappa shape index (κ1) is 15.4. The summed E-state index contributed by atoms with van der Waals surface area (Å²) in [7, 11) is 1.62. The Morgan fingerprint density at radius 2 is 1.95 bits per heavy atom. The van der Waals surface area contributed by atoms with Gasteiger partial charge in [0.25, 0.3) is 0 Å². The molecule has 0 aliphatic rings. The van der Waals surface area contributed by atoms with E-state index < -0.39 is 0 Å². The highest BCUT2D eigenvalue weighted by Crippen LogP contribution is 2.17. The summed E-state index contributed by atoms with van der Waals surface area (Å²) in [5.41, 5.74) is 3.28. The fourth-order valence-electron chi connectivity index (χ4n) is 1.93. The molecule has 0 radical (unpaired) electrons. The number of methoxy groups -OCH3 is 1. The zero-order valence-electron chi connectivity index (χ0n) is 12.3. The average molecular weight is 301 g/mol. The van der Waals surface area contributed by atoms with Crippen LogP contribution in [0.4, 0.5) is 5.69 Å². The van der Waals surface area contributed by atoms with Gasteiger partial charge in [0.2, 0.25) is 5.91 Å². The first-order valence-corrected chi connectivity index (χ1v) is 7.90. The van der Waals surface area contributed by atoms with Gasteiger partial charge in [-0.05, 0) is 36.8 Å². The number of carbonyl (C=O) groups excluding carboxylic acids is 1. The summed E-state index contributed by atoms with van der Waals surface area (Å²) in [5.74, 6) is 2.08. The summed E-state index contributed by atoms with van der Waals surface area (Å²) >= 11 is 1.61. The predicted molar refractivity (Wildman–Crippen MR) is 89.0 cm³/mol. The molecule has 0 unspecified atom stereocenters. The lowest BCUT2D eigenvalue weighted by atomic mass is 10.2. The molecule has 4 heteroatoms. The van der Waals surface area contributed by atoms with Crippen LogP contribution in [0.3, 0.4) is 0 Å². The summed E-state index contributed by atoms with van der Waals surface area (Å²) in [4.78, 5) is 11.9. The van der Waals surface area contributed by atoms with Crippen molar-refractivity contribution in [2.45, 2.75) is 12.7 Å². The number of carbonyl (C=O) groups is 1. The van der Waals surface area contributed by atoms with Gasteiger partial charge in [0.1, 0.15) is 5.75 Å². The van der Waals surface area contributed by atoms with E-state index in [4.69, 9.17) is 4.74 Å². The van der Waals surface area contributed by atoms with Gasteiger partial charge in [0.15, 0.2) is 0 Å². The number of hydrogen-bond acceptors (Lipinski definition) is 3. The normalized spacial score (nSPS) is 10.2. The summed E-state index contributed by atoms with van der Waals surface area (Å²) in [6.45, 7) is 2.07. The van der Waals surface area contributed by atoms with Crippen LogP contribution >= 0.6 is 11.8 Å². The Labute approximate surface area is 129 Å². The Kier molecular flexibility index (Phi) is 5.69. The summed E-state index contributed by atoms with van der Waals surface area (Å²) in [6.07, 6.45) is 0. The molecule has 0 bridgehead atoms. The molecule has 1 N–H and O–H groups in total. The second-order valence-corrected chi connectivity index (χ2v) is 5.74. The molecule has 2 aromatic rings. The maximum Gasteiger partial charge on any atom is 0.234 e. The van der Waals surface area contributed by atoms with Gasteiger partial charge in [-0.1, -0.05) is 29.8 Å². The number of nitrogens with one attached hydrogen (secondary N) is 1. The van der Waals surface area contributed by atoms with Gasteiger partial charge < -0.3 is 10.1 Å². The van der Waals surface area contributed by atoms with Crippen molar-refractivity contribution in [1.82, 2.24) is 0 Å². The second kappa shape index (κ2) is 7.74. The molecule has 0 aliphatic carbocycles. The van der Waals surface area contributed by atoms with Crippen molar-refractivity contribution >= 4 is 23.4 Å². The topological polar surface area (TPSA) is 38.3 Å². The minimum atomic E-state index is 0.0119. The van der Waals surface area contributed by atoms with Crippen LogP contribution in [0.1, 0.15) is 11.1 Å². The molecule has 0 fully saturated rings. The van der Waals surface area contributed by atoms with Gasteiger partial charge in [0, 0.05) is 11.4 Å². The highest BCUT2D eigenvalue weighted by atomic mass is 32.2. The Hall–Kier alpha value is -1.94. The van der Waals surface area contributed by atoms with Crippen LogP contribution in [0, 0.1) is 6.92 Å². The zero-order chi connectivity index (χ0) is 15.1. The van der Waals surface area contributed by atoms with Crippen LogP contribution in [0.5, 0.6) is 5.75 Å². The molecule has 0 aliphatic heterocycles. The SMILES string of the molecule is COc1ccc(NC(=O)CSCc2cccc(C)c2)cc1. The quantitative estimate of drug-likeness (QED) is 0.880. The Bertz CT molecular complexity index is 596. The largest absolute Gasteiger partial charge is 0.497 e. The molecule has 110 valence electrons. The third-order valence-corrected chi connectivity index (χ3v) is 3.96. The number of rotatable bonds is 6. The highest BCUT2D eigenvalue weighted by Gasteiger charge is 2.03. The van der Waals surface area contributed by atoms with E-state index in [2.05, 4.69) is 30.4 Å². The molecule has 0 saturated heterocycles. The van der Waals surface area contributed by atoms with Crippen LogP contribution < -0.4 is 10.1 Å². The first-order valence-electron chi connectivity index (χ1n) is 6.74. The maximum absolute atomic E-state index is 11.9. The molecule has 1 amide bonds. The van der Waals surface area contributed by atoms with E-state index in [0.717, 1.165) is 17.2 Å². The van der Waals surface area contributed by atoms with Crippen molar-refractivity contribution in [2.75, 3.05) is 18.2 Å². The van der Waals surface area contributed by atoms with E-state index in [-0.39, 0.29) is 5.91 Å². The summed E-state index contributed by atoms with van der Waals surface area (Å²) < 4.78 is 5.08. The van der Waals surface area contributed by atoms with Crippen molar-refractivity contribution in [3.05, 3.63) is 59.7 Å². The van der Waals surface area contributed by atoms with Crippen molar-refractivity contribution < 1.29 is 9.53 Å². The average Bonchev–Trinajstić information content (AvgIpc) is 2.48. The fraction of sp³-hybridized carbons (Fsp3) is 0.235. The third-order valence-electron chi connectivity index (χ3n) is 2.96. The standard InChI is InChI=1S/C17H19NO2S/c1-13-4-3-5-14(10-13)11-21-12-17(19)18-15-6-8-16(20-2)9-7-15/h3-10H,11-12H2,1-2H3,(H,18,19). The number of hydrogen-bond donors (Lipinski definition) is 1. The van der Waals surface area contributed by atoms with Crippen molar-refractivity contribution in [3.8, 4) is 5.75 Å². The molecular weight excluding hydrogens is 282 g/mol. The second-order valence-electron chi connectivity index (χ2n) is 4.76. The number of amides is 1. The van der Waals surface area contributed by atoms with E-state index in [1.807, 2.05) is 30.3 Å². The van der Waals surface area contributed by atoms with Crippen LogP contribution in [0.2, 0.25) is 0 Å². The molecule has 0 saturated carbocycles. The van der Waals surface area contributed by atoms with Crippen LogP contribution in [0.15, 0.2) is 48.5 Å². The number of benzene rings is 2. The van der Waals surface area contributed by atoms with Gasteiger partial charge in [-0.25, -0.2) is 0 Å². The van der Waals surface area contributed by atoms with Gasteiger partial charge in [-0.15, -0.1) is 11.8 Å². The van der Waals surface area contributed by atoms with Crippen molar-refractivity contribution in [3.63, 3.8) is 0 Å². The molecular formula is C17H19NO2S. The molecule has 0 spiro atoms. The lowest BCUT2D eigenvalue weighted by molar-refractivity contribution is -0.113. The number of ether oxygens (including phenoxy) is 1. The van der Waals surface area contributed by atoms with Gasteiger partial charge >= 0.3 is 0 Å². The van der Waals surface area contributed by atoms with E-state index >= 15 is 0 Å². The van der Waals surface area contributed by atoms with Crippen LogP contribution in [-0.2, 0) is 10.5 Å². The third kappa shape index (κ3) is 5.16. The Morgan fingerprint density at radius 3 is 2.62 bits per heavy atom. The smallest absolute Gasteiger partial charge is 0.234 e. The molecule has 0 aromatic heterocycles. The molecule has 2 aromatic carbocycles. The van der Waals surface area contributed by atoms with Gasteiger partial charge in [-0.2, -0.15) is 0 Å². The van der Waals surface area contributed by atoms with E-state index in [1.54, 1.807) is 18.9 Å². The monoisotopic (exact) mass is 301 g/mol. The van der Waals surface area contributed by atoms with Crippen molar-refractivity contribution in [1.29, 1.82) is 0 Å². The van der Waals surface area contributed by atoms with Crippen molar-refractivity contribution in [2.24, 2.45) is 0 Å². The molecule has 2 rings (SSSR count). The molecule has 3 nitrogen and oxygen atoms in total. The highest BCUT2D eigenvalue weighted by molar-refractivity contribution is 7.99. The molecule has 0 atom stereocenters. The minimum Gasteiger partial charge on any atom is -0.497 e. The van der Waals surface area contributed by atoms with E-state index in [1.165, 1.54) is 11.1 Å². The summed E-state index contributed by atoms with van der Waals surface area (Å²) in [5, 5.41) is 2.88. The van der Waals surface area contributed by atoms with E-state index in [0.29, 0.717) is 5.75 Å². The lowest BCUT2D eigenvalue weighted by Crippen LogP contribution is -2.14. The fourth-order valence-corrected chi connectivity index (χ4v) is 2.71. The number of aryl methyl sites for hydroxylation is 1. The number of thioether (sulfide) groups is 1. The zero-order valence-corrected chi connectivity index (χ0v) is 13.1. The Balaban J connectivity index is 1.76. The van der Waals surface area contributed by atoms with Crippen LogP contribution in [-0.4, -0.2) is 18.8 Å². The predicted octanol–water partition coefficient (Wildman–Crippen LogP) is 3.88. The van der Waals surface area contributed by atoms with Gasteiger partial charge in [-0.3, -0.25) is 4.79 Å². The lowest BCUT2D eigenvalue weighted by Gasteiger charge is -2.06. The molecule has 0 heterocycles. The van der Waals surface area contributed by atoms with Gasteiger partial charge in [0.05, 0.1) is 12.9 Å². The minimum absolute atomic E-state index is 0.0119. The summed E-state index contributed by atoms with van der Waals surface area (Å²) in [6, 6.07) is 15.7.